The quantitative estimate of drug-likeness (QED) is 0.195. The first kappa shape index (κ1) is 30.5. The third-order valence-electron chi connectivity index (χ3n) is 7.79. The number of benzene rings is 2. The number of piperidine rings is 1. The van der Waals surface area contributed by atoms with Gasteiger partial charge in [0.25, 0.3) is 0 Å². The molecule has 0 saturated carbocycles. The predicted molar refractivity (Wildman–Crippen MR) is 163 cm³/mol. The molecule has 10 nitrogen and oxygen atoms in total. The van der Waals surface area contributed by atoms with Crippen LogP contribution < -0.4 is 9.47 Å². The Hall–Kier alpha value is -4.55. The second kappa shape index (κ2) is 13.2. The third-order valence-corrected chi connectivity index (χ3v) is 8.02. The van der Waals surface area contributed by atoms with E-state index in [2.05, 4.69) is 9.97 Å². The van der Waals surface area contributed by atoms with Crippen LogP contribution >= 0.6 is 11.6 Å². The molecular weight excluding hydrogens is 606 g/mol. The van der Waals surface area contributed by atoms with Crippen LogP contribution in [0.1, 0.15) is 40.9 Å². The smallest absolute Gasteiger partial charge is 0.335 e. The van der Waals surface area contributed by atoms with E-state index in [-0.39, 0.29) is 35.4 Å². The van der Waals surface area contributed by atoms with E-state index < -0.39 is 24.1 Å². The maximum atomic E-state index is 15.5. The largest absolute Gasteiger partial charge is 0.484 e. The van der Waals surface area contributed by atoms with E-state index >= 15 is 4.39 Å². The number of hydrogen-bond acceptors (Lipinski definition) is 7. The number of pyridine rings is 1. The number of carboxylic acids is 1. The standard InChI is InChI=1S/C32H31ClF2N6O4/c1-2-40-19-36-14-23(40)15-41-27-12-20(32(42)43)6-8-26(27)38-30(41)17-39-11-10-29(25(35)16-39)45-31-5-3-4-22(37-31)18-44-28-9-7-21(33)13-24(28)34/h3-9,12-14,19,25,29H,2,10-11,15-18H2,1H3,(H,42,43). The molecule has 45 heavy (non-hydrogen) atoms. The molecular formula is C32H31ClF2N6O4. The van der Waals surface area contributed by atoms with Crippen molar-refractivity contribution in [3.63, 3.8) is 0 Å². The Morgan fingerprint density at radius 2 is 2.00 bits per heavy atom. The Kier molecular flexibility index (Phi) is 8.95. The molecule has 0 radical (unpaired) electrons. The number of aromatic carboxylic acids is 1. The monoisotopic (exact) mass is 636 g/mol. The van der Waals surface area contributed by atoms with Crippen molar-refractivity contribution in [1.29, 1.82) is 0 Å². The molecule has 1 aliphatic rings. The van der Waals surface area contributed by atoms with E-state index in [0.717, 1.165) is 12.2 Å². The SMILES string of the molecule is CCn1cncc1Cn1c(CN2CCC(Oc3cccc(COc4ccc(Cl)cc4F)n3)C(F)C2)nc2ccc(C(=O)O)cc21. The lowest BCUT2D eigenvalue weighted by Gasteiger charge is -2.34. The molecule has 0 bridgehead atoms. The number of nitrogens with zero attached hydrogens (tertiary/aromatic N) is 6. The van der Waals surface area contributed by atoms with Crippen molar-refractivity contribution in [2.45, 2.75) is 51.9 Å². The van der Waals surface area contributed by atoms with Gasteiger partial charge in [-0.25, -0.2) is 28.5 Å². The second-order valence-electron chi connectivity index (χ2n) is 10.8. The maximum absolute atomic E-state index is 15.5. The van der Waals surface area contributed by atoms with Gasteiger partial charge in [-0.2, -0.15) is 0 Å². The van der Waals surface area contributed by atoms with Crippen molar-refractivity contribution in [3.8, 4) is 11.6 Å². The Morgan fingerprint density at radius 1 is 1.13 bits per heavy atom. The summed E-state index contributed by atoms with van der Waals surface area (Å²) in [6, 6.07) is 14.1. The summed E-state index contributed by atoms with van der Waals surface area (Å²) in [7, 11) is 0. The fourth-order valence-corrected chi connectivity index (χ4v) is 5.61. The average Bonchev–Trinajstić information content (AvgIpc) is 3.62. The minimum Gasteiger partial charge on any atom is -0.484 e. The highest BCUT2D eigenvalue weighted by molar-refractivity contribution is 6.30. The lowest BCUT2D eigenvalue weighted by molar-refractivity contribution is 0.0154. The van der Waals surface area contributed by atoms with Crippen LogP contribution in [0.5, 0.6) is 11.6 Å². The minimum absolute atomic E-state index is 0.00124. The number of fused-ring (bicyclic) bond motifs is 1. The molecule has 2 atom stereocenters. The van der Waals surface area contributed by atoms with E-state index in [1.54, 1.807) is 42.9 Å². The summed E-state index contributed by atoms with van der Waals surface area (Å²) in [5.74, 6) is -0.576. The predicted octanol–water partition coefficient (Wildman–Crippen LogP) is 5.76. The first-order valence-electron chi connectivity index (χ1n) is 14.6. The lowest BCUT2D eigenvalue weighted by Crippen LogP contribution is -2.47. The fraction of sp³-hybridized carbons (Fsp3) is 0.312. The summed E-state index contributed by atoms with van der Waals surface area (Å²) in [6.45, 7) is 4.26. The first-order chi connectivity index (χ1) is 21.8. The van der Waals surface area contributed by atoms with Gasteiger partial charge < -0.3 is 23.7 Å². The molecule has 3 aromatic heterocycles. The van der Waals surface area contributed by atoms with Crippen molar-refractivity contribution in [2.75, 3.05) is 13.1 Å². The molecule has 1 saturated heterocycles. The van der Waals surface area contributed by atoms with Crippen molar-refractivity contribution >= 4 is 28.6 Å². The number of likely N-dealkylation sites (tertiary alicyclic amines) is 1. The molecule has 0 spiro atoms. The van der Waals surface area contributed by atoms with E-state index in [9.17, 15) is 14.3 Å². The Bertz CT molecular complexity index is 1830. The average molecular weight is 637 g/mol. The minimum atomic E-state index is -1.29. The number of rotatable bonds is 11. The molecule has 4 heterocycles. The Labute approximate surface area is 262 Å². The van der Waals surface area contributed by atoms with Gasteiger partial charge in [-0.1, -0.05) is 17.7 Å². The molecule has 5 aromatic rings. The molecule has 1 N–H and O–H groups in total. The normalized spacial score (nSPS) is 17.1. The molecule has 1 aliphatic heterocycles. The van der Waals surface area contributed by atoms with Gasteiger partial charge in [0.15, 0.2) is 11.6 Å². The molecule has 0 aliphatic carbocycles. The lowest BCUT2D eigenvalue weighted by atomic mass is 10.1. The number of halogens is 3. The van der Waals surface area contributed by atoms with Crippen LogP contribution in [0.15, 0.2) is 67.1 Å². The van der Waals surface area contributed by atoms with Crippen LogP contribution in [0.2, 0.25) is 5.02 Å². The van der Waals surface area contributed by atoms with Gasteiger partial charge in [0, 0.05) is 43.3 Å². The van der Waals surface area contributed by atoms with Crippen LogP contribution in [0, 0.1) is 5.82 Å². The molecule has 234 valence electrons. The summed E-state index contributed by atoms with van der Waals surface area (Å²) in [5, 5.41) is 9.85. The highest BCUT2D eigenvalue weighted by Gasteiger charge is 2.32. The summed E-state index contributed by atoms with van der Waals surface area (Å²) in [4.78, 5) is 27.2. The number of carbonyl (C=O) groups is 1. The molecule has 13 heteroatoms. The van der Waals surface area contributed by atoms with E-state index in [1.807, 2.05) is 21.0 Å². The number of aromatic nitrogens is 5. The van der Waals surface area contributed by atoms with Gasteiger partial charge in [-0.15, -0.1) is 0 Å². The van der Waals surface area contributed by atoms with Crippen molar-refractivity contribution < 1.29 is 28.2 Å². The topological polar surface area (TPSA) is 108 Å². The molecule has 1 fully saturated rings. The van der Waals surface area contributed by atoms with Crippen LogP contribution in [0.3, 0.4) is 0 Å². The summed E-state index contributed by atoms with van der Waals surface area (Å²) in [5.41, 5.74) is 2.98. The van der Waals surface area contributed by atoms with Gasteiger partial charge in [0.05, 0.1) is 47.4 Å². The maximum Gasteiger partial charge on any atom is 0.335 e. The zero-order valence-electron chi connectivity index (χ0n) is 24.4. The van der Waals surface area contributed by atoms with Crippen molar-refractivity contribution in [3.05, 3.63) is 101 Å². The number of alkyl halides is 1. The van der Waals surface area contributed by atoms with Gasteiger partial charge in [-0.3, -0.25) is 4.90 Å². The zero-order chi connectivity index (χ0) is 31.5. The van der Waals surface area contributed by atoms with Gasteiger partial charge in [0.1, 0.15) is 24.7 Å². The molecule has 6 rings (SSSR count). The number of ether oxygens (including phenoxy) is 2. The first-order valence-corrected chi connectivity index (χ1v) is 14.9. The van der Waals surface area contributed by atoms with E-state index in [4.69, 9.17) is 26.1 Å². The van der Waals surface area contributed by atoms with Gasteiger partial charge in [-0.05, 0) is 49.4 Å². The number of hydrogen-bond donors (Lipinski definition) is 1. The highest BCUT2D eigenvalue weighted by atomic mass is 35.5. The fourth-order valence-electron chi connectivity index (χ4n) is 5.45. The van der Waals surface area contributed by atoms with Gasteiger partial charge >= 0.3 is 5.97 Å². The third kappa shape index (κ3) is 6.91. The number of imidazole rings is 2. The van der Waals surface area contributed by atoms with Crippen LogP contribution in [0.4, 0.5) is 8.78 Å². The van der Waals surface area contributed by atoms with E-state index in [1.165, 1.54) is 24.3 Å². The van der Waals surface area contributed by atoms with Crippen LogP contribution in [-0.4, -0.2) is 65.4 Å². The Morgan fingerprint density at radius 3 is 2.78 bits per heavy atom. The molecule has 2 unspecified atom stereocenters. The summed E-state index contributed by atoms with van der Waals surface area (Å²) >= 11 is 5.80. The number of carboxylic acid groups (broad SMARTS) is 1. The second-order valence-corrected chi connectivity index (χ2v) is 11.3. The molecule has 2 aromatic carbocycles. The highest BCUT2D eigenvalue weighted by Crippen LogP contribution is 2.26. The van der Waals surface area contributed by atoms with Crippen LogP contribution in [-0.2, 0) is 26.2 Å². The molecule has 0 amide bonds. The number of aryl methyl sites for hydroxylation is 1. The van der Waals surface area contributed by atoms with Gasteiger partial charge in [0.2, 0.25) is 5.88 Å². The van der Waals surface area contributed by atoms with Crippen LogP contribution in [0.25, 0.3) is 11.0 Å². The van der Waals surface area contributed by atoms with Crippen molar-refractivity contribution in [1.82, 2.24) is 29.0 Å². The summed E-state index contributed by atoms with van der Waals surface area (Å²) < 4.78 is 45.1. The zero-order valence-corrected chi connectivity index (χ0v) is 25.2. The van der Waals surface area contributed by atoms with E-state index in [0.29, 0.717) is 48.6 Å². The summed E-state index contributed by atoms with van der Waals surface area (Å²) in [6.07, 6.45) is 1.97. The van der Waals surface area contributed by atoms with Crippen molar-refractivity contribution in [2.24, 2.45) is 0 Å². The Balaban J connectivity index is 1.13.